The SMILES string of the molecule is NC(=O)[C@@H](Nc1nc(-c2cccnc2)nc2ccccc12)c1ccccc1. The van der Waals surface area contributed by atoms with Gasteiger partial charge in [0.25, 0.3) is 0 Å². The minimum atomic E-state index is -0.703. The van der Waals surface area contributed by atoms with Crippen molar-refractivity contribution in [1.82, 2.24) is 15.0 Å². The molecule has 0 aliphatic carbocycles. The van der Waals surface area contributed by atoms with E-state index in [9.17, 15) is 4.79 Å². The number of amides is 1. The maximum Gasteiger partial charge on any atom is 0.244 e. The summed E-state index contributed by atoms with van der Waals surface area (Å²) < 4.78 is 0. The number of hydrogen-bond acceptors (Lipinski definition) is 5. The monoisotopic (exact) mass is 355 g/mol. The molecule has 0 unspecified atom stereocenters. The van der Waals surface area contributed by atoms with E-state index in [0.29, 0.717) is 11.6 Å². The first-order valence-corrected chi connectivity index (χ1v) is 8.50. The van der Waals surface area contributed by atoms with Crippen LogP contribution in [0.3, 0.4) is 0 Å². The fourth-order valence-electron chi connectivity index (χ4n) is 2.91. The summed E-state index contributed by atoms with van der Waals surface area (Å²) >= 11 is 0. The number of nitrogens with two attached hydrogens (primary N) is 1. The highest BCUT2D eigenvalue weighted by Gasteiger charge is 2.20. The largest absolute Gasteiger partial charge is 0.368 e. The van der Waals surface area contributed by atoms with Gasteiger partial charge in [-0.2, -0.15) is 0 Å². The maximum absolute atomic E-state index is 12.1. The molecule has 0 aliphatic rings. The zero-order chi connectivity index (χ0) is 18.6. The van der Waals surface area contributed by atoms with Crippen molar-refractivity contribution in [3.63, 3.8) is 0 Å². The molecule has 2 aromatic carbocycles. The van der Waals surface area contributed by atoms with Gasteiger partial charge in [-0.25, -0.2) is 9.97 Å². The van der Waals surface area contributed by atoms with Gasteiger partial charge in [-0.3, -0.25) is 9.78 Å². The summed E-state index contributed by atoms with van der Waals surface area (Å²) in [5, 5.41) is 4.01. The number of aromatic nitrogens is 3. The molecule has 4 rings (SSSR count). The third-order valence-corrected chi connectivity index (χ3v) is 4.22. The number of nitrogens with one attached hydrogen (secondary N) is 1. The minimum absolute atomic E-state index is 0.480. The van der Waals surface area contributed by atoms with Crippen molar-refractivity contribution in [1.29, 1.82) is 0 Å². The van der Waals surface area contributed by atoms with Gasteiger partial charge in [0.15, 0.2) is 5.82 Å². The van der Waals surface area contributed by atoms with E-state index in [1.54, 1.807) is 12.4 Å². The number of benzene rings is 2. The van der Waals surface area contributed by atoms with E-state index < -0.39 is 11.9 Å². The van der Waals surface area contributed by atoms with Crippen LogP contribution >= 0.6 is 0 Å². The number of fused-ring (bicyclic) bond motifs is 1. The molecule has 0 spiro atoms. The zero-order valence-electron chi connectivity index (χ0n) is 14.4. The molecule has 27 heavy (non-hydrogen) atoms. The zero-order valence-corrected chi connectivity index (χ0v) is 14.4. The van der Waals surface area contributed by atoms with Crippen molar-refractivity contribution in [2.45, 2.75) is 6.04 Å². The van der Waals surface area contributed by atoms with Crippen molar-refractivity contribution in [2.24, 2.45) is 5.73 Å². The Labute approximate surface area is 156 Å². The van der Waals surface area contributed by atoms with Crippen LogP contribution in [0.4, 0.5) is 5.82 Å². The molecular weight excluding hydrogens is 338 g/mol. The molecule has 6 heteroatoms. The van der Waals surface area contributed by atoms with Crippen LogP contribution in [-0.2, 0) is 4.79 Å². The minimum Gasteiger partial charge on any atom is -0.368 e. The van der Waals surface area contributed by atoms with E-state index in [1.165, 1.54) is 0 Å². The number of anilines is 1. The maximum atomic E-state index is 12.1. The van der Waals surface area contributed by atoms with Crippen LogP contribution in [0.1, 0.15) is 11.6 Å². The van der Waals surface area contributed by atoms with Crippen LogP contribution in [-0.4, -0.2) is 20.9 Å². The predicted octanol–water partition coefficient (Wildman–Crippen LogP) is 3.33. The van der Waals surface area contributed by atoms with Gasteiger partial charge in [0.1, 0.15) is 11.9 Å². The second-order valence-electron chi connectivity index (χ2n) is 6.05. The van der Waals surface area contributed by atoms with Crippen LogP contribution in [0.5, 0.6) is 0 Å². The van der Waals surface area contributed by atoms with Gasteiger partial charge >= 0.3 is 0 Å². The first-order valence-electron chi connectivity index (χ1n) is 8.50. The summed E-state index contributed by atoms with van der Waals surface area (Å²) in [5.41, 5.74) is 7.99. The molecule has 0 fully saturated rings. The van der Waals surface area contributed by atoms with Crippen molar-refractivity contribution >= 4 is 22.6 Å². The Morgan fingerprint density at radius 2 is 1.70 bits per heavy atom. The summed E-state index contributed by atoms with van der Waals surface area (Å²) in [5.74, 6) is 0.597. The highest BCUT2D eigenvalue weighted by Crippen LogP contribution is 2.27. The van der Waals surface area contributed by atoms with Crippen LogP contribution in [0, 0.1) is 0 Å². The number of para-hydroxylation sites is 1. The summed E-state index contributed by atoms with van der Waals surface area (Å²) in [6, 6.07) is 20.0. The lowest BCUT2D eigenvalue weighted by Gasteiger charge is -2.18. The smallest absolute Gasteiger partial charge is 0.244 e. The molecule has 0 aliphatic heterocycles. The molecule has 0 saturated heterocycles. The Bertz CT molecular complexity index is 1080. The van der Waals surface area contributed by atoms with Crippen LogP contribution < -0.4 is 11.1 Å². The molecule has 1 atom stereocenters. The summed E-state index contributed by atoms with van der Waals surface area (Å²) in [4.78, 5) is 25.5. The summed E-state index contributed by atoms with van der Waals surface area (Å²) in [6.07, 6.45) is 3.40. The van der Waals surface area contributed by atoms with Gasteiger partial charge in [-0.05, 0) is 29.8 Å². The highest BCUT2D eigenvalue weighted by molar-refractivity contribution is 5.93. The third-order valence-electron chi connectivity index (χ3n) is 4.22. The molecular formula is C21H17N5O. The molecule has 2 heterocycles. The lowest BCUT2D eigenvalue weighted by molar-refractivity contribution is -0.118. The Hall–Kier alpha value is -3.80. The van der Waals surface area contributed by atoms with E-state index in [2.05, 4.69) is 20.3 Å². The Morgan fingerprint density at radius 1 is 0.926 bits per heavy atom. The second-order valence-corrected chi connectivity index (χ2v) is 6.05. The summed E-state index contributed by atoms with van der Waals surface area (Å²) in [6.45, 7) is 0. The summed E-state index contributed by atoms with van der Waals surface area (Å²) in [7, 11) is 0. The number of pyridine rings is 1. The topological polar surface area (TPSA) is 93.8 Å². The molecule has 0 bridgehead atoms. The molecule has 2 aromatic heterocycles. The van der Waals surface area contributed by atoms with Gasteiger partial charge in [0.05, 0.1) is 5.52 Å². The first-order chi connectivity index (χ1) is 13.2. The lowest BCUT2D eigenvalue weighted by Crippen LogP contribution is -2.28. The number of hydrogen-bond donors (Lipinski definition) is 2. The van der Waals surface area contributed by atoms with Gasteiger partial charge in [0.2, 0.25) is 5.91 Å². The molecule has 1 amide bonds. The Kier molecular flexibility index (Phi) is 4.45. The third kappa shape index (κ3) is 3.46. The first kappa shape index (κ1) is 16.7. The molecule has 132 valence electrons. The van der Waals surface area contributed by atoms with E-state index in [4.69, 9.17) is 5.73 Å². The standard InChI is InChI=1S/C21H17N5O/c22-19(27)18(14-7-2-1-3-8-14)25-21-16-10-4-5-11-17(16)24-20(26-21)15-9-6-12-23-13-15/h1-13,18H,(H2,22,27)(H,24,25,26)/t18-/m0/s1. The van der Waals surface area contributed by atoms with Gasteiger partial charge in [0, 0.05) is 23.3 Å². The van der Waals surface area contributed by atoms with Crippen molar-refractivity contribution < 1.29 is 4.79 Å². The van der Waals surface area contributed by atoms with Gasteiger partial charge in [-0.1, -0.05) is 42.5 Å². The van der Waals surface area contributed by atoms with Crippen molar-refractivity contribution in [3.8, 4) is 11.4 Å². The van der Waals surface area contributed by atoms with Crippen LogP contribution in [0.15, 0.2) is 79.1 Å². The average molecular weight is 355 g/mol. The number of carbonyl (C=O) groups is 1. The van der Waals surface area contributed by atoms with Crippen LogP contribution in [0.2, 0.25) is 0 Å². The van der Waals surface area contributed by atoms with E-state index in [-0.39, 0.29) is 0 Å². The molecule has 0 saturated carbocycles. The van der Waals surface area contributed by atoms with E-state index >= 15 is 0 Å². The van der Waals surface area contributed by atoms with Crippen molar-refractivity contribution in [2.75, 3.05) is 5.32 Å². The number of primary amides is 1. The molecule has 3 N–H and O–H groups in total. The predicted molar refractivity (Wildman–Crippen MR) is 105 cm³/mol. The van der Waals surface area contributed by atoms with Gasteiger partial charge in [-0.15, -0.1) is 0 Å². The molecule has 0 radical (unpaired) electrons. The second kappa shape index (κ2) is 7.21. The van der Waals surface area contributed by atoms with E-state index in [1.807, 2.05) is 66.7 Å². The van der Waals surface area contributed by atoms with Gasteiger partial charge < -0.3 is 11.1 Å². The fraction of sp³-hybridized carbons (Fsp3) is 0.0476. The molecule has 4 aromatic rings. The normalized spacial score (nSPS) is 11.9. The Morgan fingerprint density at radius 3 is 2.44 bits per heavy atom. The Balaban J connectivity index is 1.83. The number of rotatable bonds is 5. The number of carbonyl (C=O) groups excluding carboxylic acids is 1. The van der Waals surface area contributed by atoms with Crippen molar-refractivity contribution in [3.05, 3.63) is 84.7 Å². The highest BCUT2D eigenvalue weighted by atomic mass is 16.1. The molecule has 6 nitrogen and oxygen atoms in total. The fourth-order valence-corrected chi connectivity index (χ4v) is 2.91. The lowest BCUT2D eigenvalue weighted by atomic mass is 10.1. The average Bonchev–Trinajstić information content (AvgIpc) is 2.72. The van der Waals surface area contributed by atoms with Crippen LogP contribution in [0.25, 0.3) is 22.3 Å². The van der Waals surface area contributed by atoms with E-state index in [0.717, 1.165) is 22.0 Å². The quantitative estimate of drug-likeness (QED) is 0.573. The number of nitrogens with zero attached hydrogens (tertiary/aromatic N) is 3.